The Morgan fingerprint density at radius 1 is 0.880 bits per heavy atom. The molecule has 25 heavy (non-hydrogen) atoms. The highest BCUT2D eigenvalue weighted by molar-refractivity contribution is 6.23. The molecular formula is C20H32O5. The molecule has 0 saturated heterocycles. The van der Waals surface area contributed by atoms with Crippen molar-refractivity contribution in [1.29, 1.82) is 0 Å². The summed E-state index contributed by atoms with van der Waals surface area (Å²) in [7, 11) is 2.76. The zero-order valence-electron chi connectivity index (χ0n) is 16.0. The van der Waals surface area contributed by atoms with E-state index in [4.69, 9.17) is 14.6 Å². The lowest BCUT2D eigenvalue weighted by Gasteiger charge is -2.20. The molecule has 5 heteroatoms. The highest BCUT2D eigenvalue weighted by atomic mass is 16.5. The first-order valence-corrected chi connectivity index (χ1v) is 9.20. The second kappa shape index (κ2) is 11.1. The molecule has 1 N–H and O–H groups in total. The van der Waals surface area contributed by atoms with Crippen LogP contribution >= 0.6 is 0 Å². The van der Waals surface area contributed by atoms with Gasteiger partial charge in [0, 0.05) is 17.8 Å². The minimum Gasteiger partial charge on any atom is -0.489 e. The molecule has 0 radical (unpaired) electrons. The molecule has 1 aliphatic rings. The van der Waals surface area contributed by atoms with Gasteiger partial charge in [-0.05, 0) is 32.1 Å². The van der Waals surface area contributed by atoms with Crippen LogP contribution in [0, 0.1) is 5.92 Å². The van der Waals surface area contributed by atoms with Crippen LogP contribution in [-0.4, -0.2) is 37.5 Å². The van der Waals surface area contributed by atoms with E-state index >= 15 is 0 Å². The van der Waals surface area contributed by atoms with Gasteiger partial charge in [0.05, 0.1) is 14.2 Å². The lowest BCUT2D eigenvalue weighted by Crippen LogP contribution is -2.25. The fraction of sp³-hybridized carbons (Fsp3) is 0.700. The Hall–Kier alpha value is -1.62. The fourth-order valence-corrected chi connectivity index (χ4v) is 3.09. The molecule has 0 heterocycles. The molecule has 0 aromatic rings. The third-order valence-electron chi connectivity index (χ3n) is 4.78. The molecular weight excluding hydrogens is 320 g/mol. The molecule has 1 rings (SSSR count). The molecule has 0 spiro atoms. The van der Waals surface area contributed by atoms with Crippen LogP contribution in [0.5, 0.6) is 0 Å². The number of unbranched alkanes of at least 4 members (excludes halogenated alkanes) is 5. The lowest BCUT2D eigenvalue weighted by molar-refractivity contribution is -0.121. The number of rotatable bonds is 12. The summed E-state index contributed by atoms with van der Waals surface area (Å²) in [6.07, 6.45) is 8.22. The molecule has 1 atom stereocenters. The molecule has 0 saturated carbocycles. The van der Waals surface area contributed by atoms with Crippen molar-refractivity contribution in [3.63, 3.8) is 0 Å². The number of allylic oxidation sites excluding steroid dienone is 2. The summed E-state index contributed by atoms with van der Waals surface area (Å²) < 4.78 is 10.1. The number of carbonyl (C=O) groups is 2. The molecule has 0 aliphatic heterocycles. The van der Waals surface area contributed by atoms with Gasteiger partial charge in [0.15, 0.2) is 0 Å². The van der Waals surface area contributed by atoms with Gasteiger partial charge in [-0.1, -0.05) is 39.0 Å². The smallest absolute Gasteiger partial charge is 0.228 e. The Balaban J connectivity index is 2.39. The summed E-state index contributed by atoms with van der Waals surface area (Å²) in [5.41, 5.74) is 1.03. The Bertz CT molecular complexity index is 530. The van der Waals surface area contributed by atoms with Crippen molar-refractivity contribution in [2.75, 3.05) is 20.8 Å². The monoisotopic (exact) mass is 352 g/mol. The first-order valence-electron chi connectivity index (χ1n) is 9.20. The van der Waals surface area contributed by atoms with Crippen LogP contribution in [0.25, 0.3) is 0 Å². The Morgan fingerprint density at radius 3 is 1.96 bits per heavy atom. The van der Waals surface area contributed by atoms with E-state index in [1.54, 1.807) is 6.92 Å². The van der Waals surface area contributed by atoms with E-state index in [0.717, 1.165) is 32.1 Å². The minimum atomic E-state index is -0.257. The topological polar surface area (TPSA) is 72.8 Å². The summed E-state index contributed by atoms with van der Waals surface area (Å²) in [6.45, 7) is 4.02. The van der Waals surface area contributed by atoms with Gasteiger partial charge >= 0.3 is 0 Å². The fourth-order valence-electron chi connectivity index (χ4n) is 3.09. The van der Waals surface area contributed by atoms with Crippen LogP contribution in [0.3, 0.4) is 0 Å². The maximum atomic E-state index is 12.5. The molecule has 1 aliphatic carbocycles. The van der Waals surface area contributed by atoms with Gasteiger partial charge in [-0.3, -0.25) is 9.59 Å². The Kier molecular flexibility index (Phi) is 9.50. The predicted octanol–water partition coefficient (Wildman–Crippen LogP) is 3.71. The summed E-state index contributed by atoms with van der Waals surface area (Å²) in [6, 6.07) is 0. The third-order valence-corrected chi connectivity index (χ3v) is 4.78. The summed E-state index contributed by atoms with van der Waals surface area (Å²) in [4.78, 5) is 24.8. The number of ketones is 2. The maximum absolute atomic E-state index is 12.5. The number of methoxy groups -OCH3 is 2. The first-order chi connectivity index (χ1) is 12.0. The number of aliphatic hydroxyl groups is 1. The van der Waals surface area contributed by atoms with Crippen molar-refractivity contribution in [3.8, 4) is 0 Å². The van der Waals surface area contributed by atoms with E-state index < -0.39 is 0 Å². The highest BCUT2D eigenvalue weighted by Crippen LogP contribution is 2.28. The first kappa shape index (κ1) is 21.4. The SMILES string of the molecule is COC1=C(OC)C(=O)C(CCCCCCCCC(C)CO)=C(C)C1=O. The predicted molar refractivity (Wildman–Crippen MR) is 96.9 cm³/mol. The molecule has 0 aromatic carbocycles. The third kappa shape index (κ3) is 5.99. The van der Waals surface area contributed by atoms with Crippen molar-refractivity contribution in [3.05, 3.63) is 22.7 Å². The molecule has 142 valence electrons. The zero-order chi connectivity index (χ0) is 18.8. The quantitative estimate of drug-likeness (QED) is 0.428. The Morgan fingerprint density at radius 2 is 1.40 bits per heavy atom. The lowest BCUT2D eigenvalue weighted by atomic mass is 9.89. The Labute approximate surface area is 151 Å². The second-order valence-electron chi connectivity index (χ2n) is 6.78. The number of hydrogen-bond acceptors (Lipinski definition) is 5. The highest BCUT2D eigenvalue weighted by Gasteiger charge is 2.34. The largest absolute Gasteiger partial charge is 0.489 e. The van der Waals surface area contributed by atoms with Gasteiger partial charge < -0.3 is 14.6 Å². The minimum absolute atomic E-state index is 0.00542. The summed E-state index contributed by atoms with van der Waals surface area (Å²) in [5, 5.41) is 8.99. The number of hydrogen-bond donors (Lipinski definition) is 1. The number of carbonyl (C=O) groups excluding carboxylic acids is 2. The van der Waals surface area contributed by atoms with Gasteiger partial charge in [0.2, 0.25) is 23.1 Å². The normalized spacial score (nSPS) is 16.5. The zero-order valence-corrected chi connectivity index (χ0v) is 16.0. The molecule has 0 aromatic heterocycles. The molecule has 1 unspecified atom stereocenters. The van der Waals surface area contributed by atoms with Gasteiger partial charge in [-0.15, -0.1) is 0 Å². The molecule has 5 nitrogen and oxygen atoms in total. The van der Waals surface area contributed by atoms with Crippen molar-refractivity contribution < 1.29 is 24.2 Å². The molecule has 0 fully saturated rings. The van der Waals surface area contributed by atoms with Crippen molar-refractivity contribution in [2.24, 2.45) is 5.92 Å². The molecule has 0 amide bonds. The van der Waals surface area contributed by atoms with Crippen molar-refractivity contribution >= 4 is 11.6 Å². The summed E-state index contributed by atoms with van der Waals surface area (Å²) >= 11 is 0. The summed E-state index contributed by atoms with van der Waals surface area (Å²) in [5.74, 6) is -0.0665. The van der Waals surface area contributed by atoms with Gasteiger partial charge in [0.25, 0.3) is 0 Å². The van der Waals surface area contributed by atoms with Crippen LogP contribution in [0.15, 0.2) is 22.7 Å². The standard InChI is InChI=1S/C20H32O5/c1-14(13-21)11-9-7-5-6-8-10-12-16-15(2)17(22)19(24-3)20(25-4)18(16)23/h14,21H,5-13H2,1-4H3. The van der Waals surface area contributed by atoms with E-state index in [1.165, 1.54) is 27.1 Å². The van der Waals surface area contributed by atoms with Crippen LogP contribution in [0.2, 0.25) is 0 Å². The van der Waals surface area contributed by atoms with Crippen molar-refractivity contribution in [1.82, 2.24) is 0 Å². The maximum Gasteiger partial charge on any atom is 0.228 e. The van der Waals surface area contributed by atoms with Crippen LogP contribution < -0.4 is 0 Å². The average Bonchev–Trinajstić information content (AvgIpc) is 2.62. The van der Waals surface area contributed by atoms with Crippen LogP contribution in [-0.2, 0) is 19.1 Å². The molecule has 0 bridgehead atoms. The second-order valence-corrected chi connectivity index (χ2v) is 6.78. The van der Waals surface area contributed by atoms with E-state index in [2.05, 4.69) is 6.92 Å². The van der Waals surface area contributed by atoms with Gasteiger partial charge in [-0.25, -0.2) is 0 Å². The van der Waals surface area contributed by atoms with E-state index in [-0.39, 0.29) is 29.7 Å². The number of ether oxygens (including phenoxy) is 2. The van der Waals surface area contributed by atoms with Crippen molar-refractivity contribution in [2.45, 2.75) is 65.2 Å². The van der Waals surface area contributed by atoms with Gasteiger partial charge in [0.1, 0.15) is 0 Å². The number of aliphatic hydroxyl groups excluding tert-OH is 1. The van der Waals surface area contributed by atoms with Crippen LogP contribution in [0.4, 0.5) is 0 Å². The van der Waals surface area contributed by atoms with Crippen LogP contribution in [0.1, 0.15) is 65.2 Å². The van der Waals surface area contributed by atoms with E-state index in [0.29, 0.717) is 23.5 Å². The average molecular weight is 352 g/mol. The number of Topliss-reactive ketones (excluding diaryl/α,β-unsaturated/α-hetero) is 2. The van der Waals surface area contributed by atoms with E-state index in [9.17, 15) is 9.59 Å². The van der Waals surface area contributed by atoms with Gasteiger partial charge in [-0.2, -0.15) is 0 Å². The van der Waals surface area contributed by atoms with E-state index in [1.807, 2.05) is 0 Å².